The van der Waals surface area contributed by atoms with Gasteiger partial charge in [-0.05, 0) is 57.7 Å². The monoisotopic (exact) mass is 820 g/mol. The number of benzene rings is 5. The molecule has 0 saturated carbocycles. The van der Waals surface area contributed by atoms with Crippen molar-refractivity contribution in [1.82, 2.24) is 10.2 Å². The van der Waals surface area contributed by atoms with Gasteiger partial charge in [0, 0.05) is 44.1 Å². The topological polar surface area (TPSA) is 188 Å². The molecule has 1 fully saturated rings. The highest BCUT2D eigenvalue weighted by atomic mass is 32.2. The van der Waals surface area contributed by atoms with Gasteiger partial charge in [0.2, 0.25) is 5.91 Å². The molecular formula is C42H37N4O10PS. The summed E-state index contributed by atoms with van der Waals surface area (Å²) in [6.07, 6.45) is -0.422. The van der Waals surface area contributed by atoms with E-state index in [1.807, 2.05) is 91.0 Å². The van der Waals surface area contributed by atoms with E-state index in [2.05, 4.69) is 5.32 Å². The van der Waals surface area contributed by atoms with E-state index in [9.17, 15) is 39.4 Å². The minimum atomic E-state index is -3.23. The first-order valence-electron chi connectivity index (χ1n) is 18.1. The van der Waals surface area contributed by atoms with Crippen molar-refractivity contribution in [1.29, 1.82) is 0 Å². The predicted molar refractivity (Wildman–Crippen MR) is 221 cm³/mol. The molecule has 58 heavy (non-hydrogen) atoms. The number of β-lactam (4-membered cyclic amide) rings is 1. The number of non-ortho nitro benzene ring substituents is 2. The van der Waals surface area contributed by atoms with Gasteiger partial charge in [0.1, 0.15) is 18.6 Å². The second-order valence-corrected chi connectivity index (χ2v) is 17.5. The zero-order valence-electron chi connectivity index (χ0n) is 30.9. The van der Waals surface area contributed by atoms with Crippen LogP contribution in [0.15, 0.2) is 140 Å². The zero-order valence-corrected chi connectivity index (χ0v) is 32.6. The summed E-state index contributed by atoms with van der Waals surface area (Å²) in [4.78, 5) is 76.9. The fraction of sp³-hybridized carbons (Fsp3) is 0.167. The summed E-state index contributed by atoms with van der Waals surface area (Å²) in [5.41, 5.74) is 0.967. The van der Waals surface area contributed by atoms with Crippen LogP contribution in [0.2, 0.25) is 0 Å². The van der Waals surface area contributed by atoms with E-state index < -0.39 is 34.2 Å². The first-order chi connectivity index (χ1) is 28.1. The number of thioether (sulfide) groups is 1. The Hall–Kier alpha value is -6.57. The standard InChI is InChI=1S/C42H37N4O10PS/c47-37-27-38(58-39(48)17-10-26-43-42(50)56-29-31-20-24-33(25-21-31)46(53)54)44(37)40(41(49)55-28-30-18-22-32(23-19-30)45(51)52)57(34-11-4-1-5-12-34,35-13-6-2-7-14-35)36-15-8-3-9-16-36/h1-9,11-16,18-25,38H,10,17,26-29H2,(H,43,50)/t38-/m0/s1. The number of carbonyl (C=O) groups is 4. The van der Waals surface area contributed by atoms with Gasteiger partial charge in [-0.25, -0.2) is 9.59 Å². The maximum atomic E-state index is 14.8. The van der Waals surface area contributed by atoms with Crippen LogP contribution in [0.1, 0.15) is 30.4 Å². The molecule has 1 aliphatic heterocycles. The van der Waals surface area contributed by atoms with Crippen LogP contribution in [0.4, 0.5) is 16.2 Å². The lowest BCUT2D eigenvalue weighted by atomic mass is 10.2. The van der Waals surface area contributed by atoms with Gasteiger partial charge in [-0.1, -0.05) is 103 Å². The molecule has 1 saturated heterocycles. The van der Waals surface area contributed by atoms with Crippen LogP contribution in [0.25, 0.3) is 0 Å². The Kier molecular flexibility index (Phi) is 13.5. The quantitative estimate of drug-likeness (QED) is 0.0298. The predicted octanol–water partition coefficient (Wildman–Crippen LogP) is 6.20. The molecule has 0 aromatic heterocycles. The lowest BCUT2D eigenvalue weighted by molar-refractivity contribution is -0.385. The zero-order chi connectivity index (χ0) is 41.1. The van der Waals surface area contributed by atoms with Crippen LogP contribution >= 0.6 is 18.6 Å². The second kappa shape index (κ2) is 19.0. The molecule has 5 aromatic rings. The van der Waals surface area contributed by atoms with Crippen LogP contribution in [0.5, 0.6) is 0 Å². The van der Waals surface area contributed by atoms with E-state index in [0.29, 0.717) is 11.1 Å². The van der Waals surface area contributed by atoms with Gasteiger partial charge < -0.3 is 14.8 Å². The number of nitro groups is 2. The molecule has 296 valence electrons. The van der Waals surface area contributed by atoms with E-state index in [1.165, 1.54) is 53.4 Å². The van der Waals surface area contributed by atoms with Gasteiger partial charge in [-0.2, -0.15) is 0 Å². The van der Waals surface area contributed by atoms with Crippen molar-refractivity contribution < 1.29 is 38.5 Å². The summed E-state index contributed by atoms with van der Waals surface area (Å²) < 4.78 is 11.2. The smallest absolute Gasteiger partial charge is 0.407 e. The van der Waals surface area contributed by atoms with Crippen LogP contribution in [0.3, 0.4) is 0 Å². The highest BCUT2D eigenvalue weighted by molar-refractivity contribution is 8.14. The first kappa shape index (κ1) is 41.1. The summed E-state index contributed by atoms with van der Waals surface area (Å²) in [6.45, 7) is -3.45. The molecule has 6 rings (SSSR count). The van der Waals surface area contributed by atoms with Crippen molar-refractivity contribution in [3.63, 3.8) is 0 Å². The van der Waals surface area contributed by atoms with Crippen molar-refractivity contribution in [3.8, 4) is 0 Å². The van der Waals surface area contributed by atoms with Crippen LogP contribution < -0.4 is 21.2 Å². The third-order valence-corrected chi connectivity index (χ3v) is 14.6. The number of likely N-dealkylation sites (tertiary alicyclic amines) is 1. The normalized spacial score (nSPS) is 13.5. The molecule has 16 heteroatoms. The summed E-state index contributed by atoms with van der Waals surface area (Å²) in [6, 6.07) is 39.5. The fourth-order valence-electron chi connectivity index (χ4n) is 6.38. The Morgan fingerprint density at radius 2 is 1.14 bits per heavy atom. The van der Waals surface area contributed by atoms with Gasteiger partial charge in [-0.15, -0.1) is 0 Å². The lowest BCUT2D eigenvalue weighted by Gasteiger charge is -2.44. The van der Waals surface area contributed by atoms with Crippen molar-refractivity contribution in [2.75, 3.05) is 6.54 Å². The molecule has 1 atom stereocenters. The molecule has 0 bridgehead atoms. The van der Waals surface area contributed by atoms with Crippen LogP contribution in [-0.4, -0.2) is 55.2 Å². The maximum Gasteiger partial charge on any atom is 0.407 e. The molecule has 1 heterocycles. The van der Waals surface area contributed by atoms with Crippen molar-refractivity contribution in [3.05, 3.63) is 171 Å². The number of rotatable bonds is 16. The van der Waals surface area contributed by atoms with Gasteiger partial charge >= 0.3 is 12.1 Å². The van der Waals surface area contributed by atoms with E-state index in [4.69, 9.17) is 9.47 Å². The molecule has 1 aliphatic rings. The third-order valence-electron chi connectivity index (χ3n) is 9.19. The average molecular weight is 821 g/mol. The molecule has 0 unspecified atom stereocenters. The Labute approximate surface area is 337 Å². The number of hydrogen-bond acceptors (Lipinski definition) is 11. The number of esters is 1. The Morgan fingerprint density at radius 1 is 0.690 bits per heavy atom. The van der Waals surface area contributed by atoms with Crippen LogP contribution in [-0.2, 0) is 37.1 Å². The Morgan fingerprint density at radius 3 is 1.57 bits per heavy atom. The Bertz CT molecular complexity index is 2240. The number of hydrogen-bond donors (Lipinski definition) is 1. The van der Waals surface area contributed by atoms with E-state index in [1.54, 1.807) is 0 Å². The molecule has 5 aromatic carbocycles. The van der Waals surface area contributed by atoms with Crippen molar-refractivity contribution >= 4 is 74.4 Å². The van der Waals surface area contributed by atoms with Crippen LogP contribution in [0, 0.1) is 20.2 Å². The van der Waals surface area contributed by atoms with Crippen molar-refractivity contribution in [2.24, 2.45) is 0 Å². The lowest BCUT2D eigenvalue weighted by Crippen LogP contribution is -2.58. The van der Waals surface area contributed by atoms with E-state index in [0.717, 1.165) is 27.7 Å². The summed E-state index contributed by atoms with van der Waals surface area (Å²) in [7, 11) is 0. The summed E-state index contributed by atoms with van der Waals surface area (Å²) >= 11 is 0.934. The highest BCUT2D eigenvalue weighted by Gasteiger charge is 2.48. The average Bonchev–Trinajstić information content (AvgIpc) is 3.24. The molecule has 0 radical (unpaired) electrons. The first-order valence-corrected chi connectivity index (χ1v) is 20.7. The number of carbonyl (C=O) groups excluding carboxylic acids is 4. The molecule has 1 N–H and O–H groups in total. The molecule has 14 nitrogen and oxygen atoms in total. The van der Waals surface area contributed by atoms with Gasteiger partial charge in [0.05, 0.1) is 21.6 Å². The minimum Gasteiger partial charge on any atom is -0.456 e. The highest BCUT2D eigenvalue weighted by Crippen LogP contribution is 2.49. The Balaban J connectivity index is 1.26. The largest absolute Gasteiger partial charge is 0.456 e. The number of amides is 2. The number of nitro benzene ring substituents is 2. The summed E-state index contributed by atoms with van der Waals surface area (Å²) in [5.74, 6) is -1.14. The number of nitrogens with zero attached hydrogens (tertiary/aromatic N) is 3. The molecule has 2 amide bonds. The van der Waals surface area contributed by atoms with Crippen molar-refractivity contribution in [2.45, 2.75) is 37.9 Å². The third kappa shape index (κ3) is 9.51. The number of ether oxygens (including phenoxy) is 2. The number of alkyl carbamates (subject to hydrolysis) is 1. The molecule has 0 spiro atoms. The number of nitrogens with one attached hydrogen (secondary N) is 1. The molecular weight excluding hydrogens is 784 g/mol. The van der Waals surface area contributed by atoms with Gasteiger partial charge in [0.25, 0.3) is 11.4 Å². The fourth-order valence-corrected chi connectivity index (χ4v) is 12.0. The van der Waals surface area contributed by atoms with Gasteiger partial charge in [-0.3, -0.25) is 34.7 Å². The van der Waals surface area contributed by atoms with E-state index in [-0.39, 0.29) is 66.8 Å². The molecule has 0 aliphatic carbocycles. The second-order valence-electron chi connectivity index (χ2n) is 12.9. The van der Waals surface area contributed by atoms with E-state index >= 15 is 0 Å². The SMILES string of the molecule is O=C(NCCCC(=O)S[C@H]1CC(=O)N1C(C(=O)OCc1ccc([N+](=O)[O-])cc1)=P(c1ccccc1)(c1ccccc1)c1ccccc1)OCc1ccc([N+](=O)[O-])cc1. The van der Waals surface area contributed by atoms with Gasteiger partial charge in [0.15, 0.2) is 5.12 Å². The summed E-state index contributed by atoms with van der Waals surface area (Å²) in [5, 5.41) is 26.0. The maximum absolute atomic E-state index is 14.8. The minimum absolute atomic E-state index is 0.0128.